The van der Waals surface area contributed by atoms with Crippen LogP contribution in [0.1, 0.15) is 0 Å². The lowest BCUT2D eigenvalue weighted by atomic mass is 10.0. The summed E-state index contributed by atoms with van der Waals surface area (Å²) in [5, 5.41) is 4.75. The molecule has 0 bridgehead atoms. The van der Waals surface area contributed by atoms with E-state index in [1.54, 1.807) is 11.3 Å². The molecule has 0 unspecified atom stereocenters. The first kappa shape index (κ1) is 33.8. The number of nitrogens with zero attached hydrogens (tertiary/aromatic N) is 4. The van der Waals surface area contributed by atoms with Crippen LogP contribution in [0.2, 0.25) is 0 Å². The molecule has 0 fully saturated rings. The number of hydrogen-bond acceptors (Lipinski definition) is 7. The molecule has 0 saturated heterocycles. The lowest BCUT2D eigenvalue weighted by molar-refractivity contribution is 0.623. The van der Waals surface area contributed by atoms with E-state index >= 15 is 0 Å². The van der Waals surface area contributed by atoms with Crippen molar-refractivity contribution in [1.82, 2.24) is 19.9 Å². The third-order valence-corrected chi connectivity index (χ3v) is 13.2. The van der Waals surface area contributed by atoms with Crippen molar-refractivity contribution >= 4 is 74.1 Å². The van der Waals surface area contributed by atoms with E-state index in [0.29, 0.717) is 23.4 Å². The van der Waals surface area contributed by atoms with Crippen molar-refractivity contribution in [1.29, 1.82) is 0 Å². The average molecular weight is 791 g/mol. The van der Waals surface area contributed by atoms with Gasteiger partial charge >= 0.3 is 0 Å². The van der Waals surface area contributed by atoms with Crippen LogP contribution < -0.4 is 0 Å². The van der Waals surface area contributed by atoms with E-state index in [9.17, 15) is 0 Å². The number of fused-ring (bicyclic) bond motifs is 8. The molecule has 7 heteroatoms. The van der Waals surface area contributed by atoms with Crippen molar-refractivity contribution in [2.24, 2.45) is 0 Å². The minimum Gasteiger partial charge on any atom is -0.435 e. The van der Waals surface area contributed by atoms with E-state index in [1.165, 1.54) is 29.6 Å². The zero-order chi connectivity index (χ0) is 38.9. The summed E-state index contributed by atoms with van der Waals surface area (Å²) in [5.41, 5.74) is 9.91. The molecule has 12 aromatic rings. The van der Waals surface area contributed by atoms with Crippen LogP contribution in [-0.2, 0) is 0 Å². The Morgan fingerprint density at radius 1 is 0.322 bits per heavy atom. The molecular weight excluding hydrogens is 761 g/mol. The molecule has 0 radical (unpaired) electrons. The topological polar surface area (TPSA) is 64.7 Å². The molecule has 4 aromatic heterocycles. The maximum atomic E-state index is 6.64. The first-order valence-electron chi connectivity index (χ1n) is 19.4. The fourth-order valence-electron chi connectivity index (χ4n) is 8.06. The molecule has 0 amide bonds. The quantitative estimate of drug-likeness (QED) is 0.168. The highest BCUT2D eigenvalue weighted by atomic mass is 32.1. The molecule has 0 N–H and O–H groups in total. The molecule has 0 spiro atoms. The van der Waals surface area contributed by atoms with Crippen LogP contribution in [0.4, 0.5) is 0 Å². The lowest BCUT2D eigenvalue weighted by Crippen LogP contribution is -2.00. The van der Waals surface area contributed by atoms with Crippen molar-refractivity contribution in [2.45, 2.75) is 0 Å². The molecular formula is C52H30N4OS2. The van der Waals surface area contributed by atoms with Crippen LogP contribution in [0.3, 0.4) is 0 Å². The molecule has 276 valence electrons. The molecule has 0 atom stereocenters. The first-order chi connectivity index (χ1) is 29.2. The van der Waals surface area contributed by atoms with E-state index in [1.807, 2.05) is 47.7 Å². The average Bonchev–Trinajstić information content (AvgIpc) is 4.02. The molecule has 0 aliphatic carbocycles. The molecule has 12 rings (SSSR count). The molecule has 4 heterocycles. The van der Waals surface area contributed by atoms with Gasteiger partial charge in [-0.3, -0.25) is 0 Å². The highest BCUT2D eigenvalue weighted by Gasteiger charge is 2.18. The van der Waals surface area contributed by atoms with Crippen LogP contribution in [0.15, 0.2) is 186 Å². The van der Waals surface area contributed by atoms with Gasteiger partial charge in [-0.15, -0.1) is 22.7 Å². The third kappa shape index (κ3) is 5.90. The standard InChI is InChI=1S/C52H30N4OS2/c1-3-11-31(12-4-1)33-15-9-17-36(27-33)50-54-49(32-13-5-2-6-14-32)55-51(56-50)37-18-10-16-34(28-37)35-21-23-40-46(30-35)59-45-26-24-42-48(47(40)45)57-52(53-42)38-22-25-44-41(29-38)39-19-7-8-20-43(39)58-44/h1-30H. The maximum absolute atomic E-state index is 6.64. The Morgan fingerprint density at radius 2 is 0.881 bits per heavy atom. The number of oxazole rings is 1. The SMILES string of the molecule is c1ccc(-c2cccc(-c3nc(-c4ccccc4)nc(-c4cccc(-c5ccc6c(c5)sc5ccc7nc(-c8ccc9sc%10ccccc%10c9c8)oc7c56)c4)n3)c2)cc1. The van der Waals surface area contributed by atoms with Gasteiger partial charge in [-0.05, 0) is 76.9 Å². The van der Waals surface area contributed by atoms with Crippen molar-refractivity contribution in [2.75, 3.05) is 0 Å². The Kier molecular flexibility index (Phi) is 7.82. The smallest absolute Gasteiger partial charge is 0.227 e. The highest BCUT2D eigenvalue weighted by Crippen LogP contribution is 2.43. The van der Waals surface area contributed by atoms with Crippen molar-refractivity contribution < 1.29 is 4.42 Å². The van der Waals surface area contributed by atoms with E-state index in [2.05, 4.69) is 146 Å². The summed E-state index contributed by atoms with van der Waals surface area (Å²) < 4.78 is 11.5. The van der Waals surface area contributed by atoms with Crippen molar-refractivity contribution in [3.63, 3.8) is 0 Å². The Labute approximate surface area is 346 Å². The summed E-state index contributed by atoms with van der Waals surface area (Å²) in [6.07, 6.45) is 0. The third-order valence-electron chi connectivity index (χ3n) is 11.0. The summed E-state index contributed by atoms with van der Waals surface area (Å²) in [7, 11) is 0. The Balaban J connectivity index is 0.927. The summed E-state index contributed by atoms with van der Waals surface area (Å²) in [4.78, 5) is 20.1. The van der Waals surface area contributed by atoms with Crippen LogP contribution in [0.5, 0.6) is 0 Å². The summed E-state index contributed by atoms with van der Waals surface area (Å²) in [6, 6.07) is 63.4. The van der Waals surface area contributed by atoms with Gasteiger partial charge in [0.05, 0.1) is 0 Å². The first-order valence-corrected chi connectivity index (χ1v) is 21.1. The van der Waals surface area contributed by atoms with Crippen molar-refractivity contribution in [3.8, 4) is 67.9 Å². The minimum atomic E-state index is 0.624. The van der Waals surface area contributed by atoms with Gasteiger partial charge < -0.3 is 4.42 Å². The summed E-state index contributed by atoms with van der Waals surface area (Å²) in [6.45, 7) is 0. The zero-order valence-electron chi connectivity index (χ0n) is 31.3. The molecule has 0 aliphatic heterocycles. The van der Waals surface area contributed by atoms with Gasteiger partial charge in [0, 0.05) is 62.6 Å². The number of thiophene rings is 2. The predicted octanol–water partition coefficient (Wildman–Crippen LogP) is 14.8. The molecule has 8 aromatic carbocycles. The van der Waals surface area contributed by atoms with Gasteiger partial charge in [0.2, 0.25) is 5.89 Å². The highest BCUT2D eigenvalue weighted by molar-refractivity contribution is 7.26. The minimum absolute atomic E-state index is 0.624. The number of rotatable bonds is 6. The second-order valence-electron chi connectivity index (χ2n) is 14.6. The Bertz CT molecular complexity index is 3570. The fourth-order valence-corrected chi connectivity index (χ4v) is 10.3. The summed E-state index contributed by atoms with van der Waals surface area (Å²) >= 11 is 3.59. The second kappa shape index (κ2) is 13.7. The molecule has 0 saturated carbocycles. The van der Waals surface area contributed by atoms with E-state index in [-0.39, 0.29) is 0 Å². The van der Waals surface area contributed by atoms with Crippen molar-refractivity contribution in [3.05, 3.63) is 182 Å². The maximum Gasteiger partial charge on any atom is 0.227 e. The Morgan fingerprint density at radius 3 is 1.64 bits per heavy atom. The van der Waals surface area contributed by atoms with Gasteiger partial charge in [-0.2, -0.15) is 0 Å². The van der Waals surface area contributed by atoms with Crippen LogP contribution >= 0.6 is 22.7 Å². The van der Waals surface area contributed by atoms with Gasteiger partial charge in [-0.25, -0.2) is 19.9 Å². The van der Waals surface area contributed by atoms with Gasteiger partial charge in [0.1, 0.15) is 5.52 Å². The summed E-state index contributed by atoms with van der Waals surface area (Å²) in [5.74, 6) is 2.53. The van der Waals surface area contributed by atoms with Crippen LogP contribution in [0.25, 0.3) is 119 Å². The largest absolute Gasteiger partial charge is 0.435 e. The van der Waals surface area contributed by atoms with Gasteiger partial charge in [-0.1, -0.05) is 127 Å². The monoisotopic (exact) mass is 790 g/mol. The van der Waals surface area contributed by atoms with Crippen LogP contribution in [-0.4, -0.2) is 19.9 Å². The number of benzene rings is 8. The molecule has 5 nitrogen and oxygen atoms in total. The zero-order valence-corrected chi connectivity index (χ0v) is 33.0. The number of aromatic nitrogens is 4. The van der Waals surface area contributed by atoms with Gasteiger partial charge in [0.25, 0.3) is 0 Å². The normalized spacial score (nSPS) is 11.7. The predicted molar refractivity (Wildman–Crippen MR) is 246 cm³/mol. The van der Waals surface area contributed by atoms with E-state index < -0.39 is 0 Å². The van der Waals surface area contributed by atoms with Crippen LogP contribution in [0, 0.1) is 0 Å². The fraction of sp³-hybridized carbons (Fsp3) is 0. The molecule has 59 heavy (non-hydrogen) atoms. The Hall–Kier alpha value is -7.32. The molecule has 0 aliphatic rings. The second-order valence-corrected chi connectivity index (χ2v) is 16.8. The van der Waals surface area contributed by atoms with E-state index in [0.717, 1.165) is 66.4 Å². The van der Waals surface area contributed by atoms with Gasteiger partial charge in [0.15, 0.2) is 23.1 Å². The lowest BCUT2D eigenvalue weighted by Gasteiger charge is -2.10. The van der Waals surface area contributed by atoms with E-state index in [4.69, 9.17) is 24.4 Å². The number of hydrogen-bond donors (Lipinski definition) is 0.